The molecule has 0 saturated carbocycles. The highest BCUT2D eigenvalue weighted by Gasteiger charge is 2.33. The molecule has 0 bridgehead atoms. The number of aliphatic hydroxyl groups is 1. The molecule has 0 spiro atoms. The Hall–Kier alpha value is -1.53. The molecule has 0 amide bonds. The standard InChI is InChI=1S/C20H27N3O2/c24-15-18-13-23(12-17(18)11-22-7-9-25-10-8-22)14-19-6-5-16-3-1-2-4-20(16)21-19/h1-6,17-18,24H,7-15H2/t17-,18-/m0/s1. The minimum atomic E-state index is 0.274. The summed E-state index contributed by atoms with van der Waals surface area (Å²) >= 11 is 0. The van der Waals surface area contributed by atoms with Crippen LogP contribution in [0.3, 0.4) is 0 Å². The van der Waals surface area contributed by atoms with E-state index in [1.165, 1.54) is 5.39 Å². The van der Waals surface area contributed by atoms with Crippen molar-refractivity contribution in [3.8, 4) is 0 Å². The lowest BCUT2D eigenvalue weighted by Crippen LogP contribution is -2.41. The van der Waals surface area contributed by atoms with Crippen LogP contribution in [0.4, 0.5) is 0 Å². The number of likely N-dealkylation sites (tertiary alicyclic amines) is 1. The van der Waals surface area contributed by atoms with Crippen molar-refractivity contribution in [2.24, 2.45) is 11.8 Å². The third-order valence-electron chi connectivity index (χ3n) is 5.52. The van der Waals surface area contributed by atoms with E-state index in [-0.39, 0.29) is 6.61 Å². The lowest BCUT2D eigenvalue weighted by Gasteiger charge is -2.30. The molecule has 0 unspecified atom stereocenters. The van der Waals surface area contributed by atoms with Gasteiger partial charge in [-0.2, -0.15) is 0 Å². The number of pyridine rings is 1. The number of hydrogen-bond donors (Lipinski definition) is 1. The Kier molecular flexibility index (Phi) is 5.27. The minimum absolute atomic E-state index is 0.274. The summed E-state index contributed by atoms with van der Waals surface area (Å²) in [6, 6.07) is 12.5. The summed E-state index contributed by atoms with van der Waals surface area (Å²) in [6.45, 7) is 7.90. The number of benzene rings is 1. The molecule has 1 N–H and O–H groups in total. The monoisotopic (exact) mass is 341 g/mol. The number of morpholine rings is 1. The second-order valence-electron chi connectivity index (χ2n) is 7.31. The van der Waals surface area contributed by atoms with Crippen molar-refractivity contribution in [3.63, 3.8) is 0 Å². The lowest BCUT2D eigenvalue weighted by molar-refractivity contribution is 0.0264. The quantitative estimate of drug-likeness (QED) is 0.895. The Morgan fingerprint density at radius 3 is 2.64 bits per heavy atom. The number of ether oxygens (including phenoxy) is 1. The summed E-state index contributed by atoms with van der Waals surface area (Å²) < 4.78 is 5.44. The molecule has 2 aromatic rings. The fourth-order valence-corrected chi connectivity index (χ4v) is 4.12. The molecule has 1 aromatic heterocycles. The average Bonchev–Trinajstić information content (AvgIpc) is 3.03. The van der Waals surface area contributed by atoms with E-state index in [9.17, 15) is 5.11 Å². The molecule has 0 aliphatic carbocycles. The summed E-state index contributed by atoms with van der Waals surface area (Å²) in [5.41, 5.74) is 2.17. The number of para-hydroxylation sites is 1. The van der Waals surface area contributed by atoms with Gasteiger partial charge in [-0.15, -0.1) is 0 Å². The molecular formula is C20H27N3O2. The number of aliphatic hydroxyl groups excluding tert-OH is 1. The third-order valence-corrected chi connectivity index (χ3v) is 5.52. The van der Waals surface area contributed by atoms with Gasteiger partial charge in [0.15, 0.2) is 0 Å². The molecular weight excluding hydrogens is 314 g/mol. The second-order valence-corrected chi connectivity index (χ2v) is 7.31. The molecule has 1 aromatic carbocycles. The number of hydrogen-bond acceptors (Lipinski definition) is 5. The van der Waals surface area contributed by atoms with Crippen LogP contribution in [-0.4, -0.2) is 72.4 Å². The second kappa shape index (κ2) is 7.79. The van der Waals surface area contributed by atoms with Crippen LogP contribution >= 0.6 is 0 Å². The van der Waals surface area contributed by atoms with Crippen LogP contribution in [0.5, 0.6) is 0 Å². The Bertz CT molecular complexity index is 702. The zero-order chi connectivity index (χ0) is 17.1. The number of rotatable bonds is 5. The molecule has 5 heteroatoms. The SMILES string of the molecule is OC[C@@H]1CN(Cc2ccc3ccccc3n2)C[C@@H]1CN1CCOCC1. The van der Waals surface area contributed by atoms with Crippen molar-refractivity contribution in [2.45, 2.75) is 6.54 Å². The van der Waals surface area contributed by atoms with E-state index in [0.717, 1.165) is 63.7 Å². The van der Waals surface area contributed by atoms with Crippen molar-refractivity contribution >= 4 is 10.9 Å². The molecule has 2 aliphatic rings. The molecule has 2 aliphatic heterocycles. The molecule has 0 radical (unpaired) electrons. The van der Waals surface area contributed by atoms with Crippen LogP contribution in [0, 0.1) is 11.8 Å². The first-order chi connectivity index (χ1) is 12.3. The number of fused-ring (bicyclic) bond motifs is 1. The zero-order valence-corrected chi connectivity index (χ0v) is 14.7. The predicted octanol–water partition coefficient (Wildman–Crippen LogP) is 1.61. The van der Waals surface area contributed by atoms with Gasteiger partial charge in [-0.1, -0.05) is 24.3 Å². The summed E-state index contributed by atoms with van der Waals surface area (Å²) in [5.74, 6) is 0.895. The van der Waals surface area contributed by atoms with Gasteiger partial charge in [0, 0.05) is 51.3 Å². The number of nitrogens with zero attached hydrogens (tertiary/aromatic N) is 3. The predicted molar refractivity (Wildman–Crippen MR) is 98.3 cm³/mol. The number of aromatic nitrogens is 1. The molecule has 25 heavy (non-hydrogen) atoms. The van der Waals surface area contributed by atoms with Gasteiger partial charge in [-0.25, -0.2) is 0 Å². The zero-order valence-electron chi connectivity index (χ0n) is 14.7. The molecule has 134 valence electrons. The first kappa shape index (κ1) is 16.9. The normalized spacial score (nSPS) is 25.6. The molecule has 5 nitrogen and oxygen atoms in total. The van der Waals surface area contributed by atoms with Crippen LogP contribution in [-0.2, 0) is 11.3 Å². The Balaban J connectivity index is 1.40. The van der Waals surface area contributed by atoms with E-state index < -0.39 is 0 Å². The highest BCUT2D eigenvalue weighted by molar-refractivity contribution is 5.78. The van der Waals surface area contributed by atoms with Gasteiger partial charge in [-0.05, 0) is 24.0 Å². The van der Waals surface area contributed by atoms with E-state index in [4.69, 9.17) is 9.72 Å². The largest absolute Gasteiger partial charge is 0.396 e. The lowest BCUT2D eigenvalue weighted by atomic mass is 9.96. The maximum absolute atomic E-state index is 9.81. The van der Waals surface area contributed by atoms with E-state index in [2.05, 4.69) is 34.1 Å². The Morgan fingerprint density at radius 2 is 1.80 bits per heavy atom. The van der Waals surface area contributed by atoms with Crippen LogP contribution in [0.15, 0.2) is 36.4 Å². The maximum Gasteiger partial charge on any atom is 0.0705 e. The first-order valence-electron chi connectivity index (χ1n) is 9.30. The minimum Gasteiger partial charge on any atom is -0.396 e. The van der Waals surface area contributed by atoms with E-state index in [0.29, 0.717) is 11.8 Å². The molecule has 2 saturated heterocycles. The summed E-state index contributed by atoms with van der Waals surface area (Å²) in [6.07, 6.45) is 0. The maximum atomic E-state index is 9.81. The average molecular weight is 341 g/mol. The van der Waals surface area contributed by atoms with Crippen LogP contribution < -0.4 is 0 Å². The highest BCUT2D eigenvalue weighted by atomic mass is 16.5. The fourth-order valence-electron chi connectivity index (χ4n) is 4.12. The van der Waals surface area contributed by atoms with Crippen molar-refractivity contribution < 1.29 is 9.84 Å². The van der Waals surface area contributed by atoms with Crippen molar-refractivity contribution in [1.82, 2.24) is 14.8 Å². The fraction of sp³-hybridized carbons (Fsp3) is 0.550. The van der Waals surface area contributed by atoms with Gasteiger partial charge in [-0.3, -0.25) is 14.8 Å². The topological polar surface area (TPSA) is 48.8 Å². The van der Waals surface area contributed by atoms with Gasteiger partial charge >= 0.3 is 0 Å². The summed E-state index contributed by atoms with van der Waals surface area (Å²) in [4.78, 5) is 9.73. The summed E-state index contributed by atoms with van der Waals surface area (Å²) in [7, 11) is 0. The summed E-state index contributed by atoms with van der Waals surface area (Å²) in [5, 5.41) is 11.0. The van der Waals surface area contributed by atoms with Gasteiger partial charge < -0.3 is 9.84 Å². The smallest absolute Gasteiger partial charge is 0.0705 e. The van der Waals surface area contributed by atoms with Gasteiger partial charge in [0.1, 0.15) is 0 Å². The van der Waals surface area contributed by atoms with Gasteiger partial charge in [0.05, 0.1) is 24.4 Å². The van der Waals surface area contributed by atoms with Gasteiger partial charge in [0.25, 0.3) is 0 Å². The van der Waals surface area contributed by atoms with Gasteiger partial charge in [0.2, 0.25) is 0 Å². The third kappa shape index (κ3) is 4.01. The van der Waals surface area contributed by atoms with Crippen LogP contribution in [0.25, 0.3) is 10.9 Å². The molecule has 4 rings (SSSR count). The van der Waals surface area contributed by atoms with Crippen LogP contribution in [0.1, 0.15) is 5.69 Å². The van der Waals surface area contributed by atoms with E-state index in [1.807, 2.05) is 12.1 Å². The van der Waals surface area contributed by atoms with Crippen molar-refractivity contribution in [1.29, 1.82) is 0 Å². The van der Waals surface area contributed by atoms with Crippen molar-refractivity contribution in [3.05, 3.63) is 42.1 Å². The van der Waals surface area contributed by atoms with E-state index >= 15 is 0 Å². The van der Waals surface area contributed by atoms with Crippen LogP contribution in [0.2, 0.25) is 0 Å². The highest BCUT2D eigenvalue weighted by Crippen LogP contribution is 2.26. The molecule has 2 fully saturated rings. The van der Waals surface area contributed by atoms with Crippen molar-refractivity contribution in [2.75, 3.05) is 52.5 Å². The molecule has 3 heterocycles. The molecule has 2 atom stereocenters. The Labute approximate surface area is 149 Å². The van der Waals surface area contributed by atoms with E-state index in [1.54, 1.807) is 0 Å². The Morgan fingerprint density at radius 1 is 1.00 bits per heavy atom. The first-order valence-corrected chi connectivity index (χ1v) is 9.30.